The summed E-state index contributed by atoms with van der Waals surface area (Å²) in [5.74, 6) is 0. The highest BCUT2D eigenvalue weighted by atomic mass is 79.9. The Balaban J connectivity index is 2.57. The lowest BCUT2D eigenvalue weighted by molar-refractivity contribution is 0.125. The van der Waals surface area contributed by atoms with Crippen molar-refractivity contribution in [1.29, 1.82) is 0 Å². The molecule has 0 aliphatic rings. The molecule has 1 aromatic carbocycles. The van der Waals surface area contributed by atoms with Gasteiger partial charge >= 0.3 is 0 Å². The van der Waals surface area contributed by atoms with Crippen LogP contribution in [0.3, 0.4) is 0 Å². The maximum absolute atomic E-state index is 5.13. The Morgan fingerprint density at radius 1 is 1.25 bits per heavy atom. The summed E-state index contributed by atoms with van der Waals surface area (Å²) in [5.41, 5.74) is 1.34. The average molecular weight is 286 g/mol. The summed E-state index contributed by atoms with van der Waals surface area (Å²) in [5, 5.41) is 0. The third-order valence-electron chi connectivity index (χ3n) is 2.61. The quantitative estimate of drug-likeness (QED) is 0.795. The van der Waals surface area contributed by atoms with Crippen molar-refractivity contribution in [3.63, 3.8) is 0 Å². The van der Waals surface area contributed by atoms with E-state index in [-0.39, 0.29) is 0 Å². The molecule has 3 heteroatoms. The van der Waals surface area contributed by atoms with E-state index in [1.165, 1.54) is 5.56 Å². The molecule has 90 valence electrons. The van der Waals surface area contributed by atoms with Crippen LogP contribution in [0.25, 0.3) is 0 Å². The first kappa shape index (κ1) is 13.7. The molecule has 0 radical (unpaired) electrons. The van der Waals surface area contributed by atoms with Gasteiger partial charge in [0.1, 0.15) is 0 Å². The van der Waals surface area contributed by atoms with E-state index in [4.69, 9.17) is 4.74 Å². The van der Waals surface area contributed by atoms with Crippen LogP contribution in [0.1, 0.15) is 19.4 Å². The minimum Gasteiger partial charge on any atom is -0.383 e. The van der Waals surface area contributed by atoms with Crippen LogP contribution in [0.2, 0.25) is 0 Å². The van der Waals surface area contributed by atoms with Crippen LogP contribution in [-0.4, -0.2) is 31.2 Å². The summed E-state index contributed by atoms with van der Waals surface area (Å²) >= 11 is 3.45. The monoisotopic (exact) mass is 285 g/mol. The Kier molecular flexibility index (Phi) is 6.03. The third-order valence-corrected chi connectivity index (χ3v) is 3.14. The van der Waals surface area contributed by atoms with E-state index in [1.807, 2.05) is 0 Å². The Morgan fingerprint density at radius 3 is 2.38 bits per heavy atom. The van der Waals surface area contributed by atoms with Crippen LogP contribution >= 0.6 is 15.9 Å². The van der Waals surface area contributed by atoms with Gasteiger partial charge in [-0.25, -0.2) is 0 Å². The molecule has 1 aromatic rings. The second kappa shape index (κ2) is 7.05. The number of nitrogens with zero attached hydrogens (tertiary/aromatic N) is 1. The fourth-order valence-electron chi connectivity index (χ4n) is 1.55. The average Bonchev–Trinajstić information content (AvgIpc) is 2.26. The summed E-state index contributed by atoms with van der Waals surface area (Å²) in [6, 6.07) is 9.03. The van der Waals surface area contributed by atoms with E-state index in [1.54, 1.807) is 7.11 Å². The maximum Gasteiger partial charge on any atom is 0.0589 e. The van der Waals surface area contributed by atoms with Crippen molar-refractivity contribution in [2.45, 2.75) is 26.4 Å². The van der Waals surface area contributed by atoms with Gasteiger partial charge < -0.3 is 4.74 Å². The highest BCUT2D eigenvalue weighted by Crippen LogP contribution is 2.13. The summed E-state index contributed by atoms with van der Waals surface area (Å²) in [4.78, 5) is 2.41. The number of hydrogen-bond acceptors (Lipinski definition) is 2. The molecule has 0 saturated heterocycles. The zero-order valence-electron chi connectivity index (χ0n) is 10.2. The van der Waals surface area contributed by atoms with Crippen LogP contribution in [-0.2, 0) is 11.3 Å². The van der Waals surface area contributed by atoms with Crippen molar-refractivity contribution >= 4 is 15.9 Å². The van der Waals surface area contributed by atoms with Crippen molar-refractivity contribution in [2.24, 2.45) is 0 Å². The Bertz CT molecular complexity index is 297. The Labute approximate surface area is 107 Å². The predicted octanol–water partition coefficient (Wildman–Crippen LogP) is 3.31. The number of benzene rings is 1. The fourth-order valence-corrected chi connectivity index (χ4v) is 1.82. The van der Waals surface area contributed by atoms with Gasteiger partial charge in [0.2, 0.25) is 0 Å². The van der Waals surface area contributed by atoms with Crippen molar-refractivity contribution < 1.29 is 4.74 Å². The molecular formula is C13H20BrNO. The SMILES string of the molecule is COCCN(Cc1ccc(Br)cc1)C(C)C. The van der Waals surface area contributed by atoms with Gasteiger partial charge in [0.25, 0.3) is 0 Å². The first-order chi connectivity index (χ1) is 7.63. The van der Waals surface area contributed by atoms with E-state index in [2.05, 4.69) is 58.9 Å². The standard InChI is InChI=1S/C13H20BrNO/c1-11(2)15(8-9-16-3)10-12-4-6-13(14)7-5-12/h4-7,11H,8-10H2,1-3H3. The van der Waals surface area contributed by atoms with Crippen LogP contribution in [0.5, 0.6) is 0 Å². The minimum absolute atomic E-state index is 0.541. The highest BCUT2D eigenvalue weighted by Gasteiger charge is 2.09. The van der Waals surface area contributed by atoms with Crippen molar-refractivity contribution in [3.05, 3.63) is 34.3 Å². The summed E-state index contributed by atoms with van der Waals surface area (Å²) in [7, 11) is 1.75. The van der Waals surface area contributed by atoms with Gasteiger partial charge in [-0.1, -0.05) is 28.1 Å². The van der Waals surface area contributed by atoms with Crippen LogP contribution < -0.4 is 0 Å². The van der Waals surface area contributed by atoms with Crippen LogP contribution in [0.4, 0.5) is 0 Å². The smallest absolute Gasteiger partial charge is 0.0589 e. The van der Waals surface area contributed by atoms with Crippen molar-refractivity contribution in [1.82, 2.24) is 4.90 Å². The predicted molar refractivity (Wildman–Crippen MR) is 71.6 cm³/mol. The molecule has 2 nitrogen and oxygen atoms in total. The van der Waals surface area contributed by atoms with Gasteiger partial charge in [-0.3, -0.25) is 4.90 Å². The van der Waals surface area contributed by atoms with Gasteiger partial charge in [-0.15, -0.1) is 0 Å². The first-order valence-electron chi connectivity index (χ1n) is 5.61. The molecule has 0 aromatic heterocycles. The van der Waals surface area contributed by atoms with E-state index in [0.717, 1.165) is 24.2 Å². The Morgan fingerprint density at radius 2 is 1.88 bits per heavy atom. The van der Waals surface area contributed by atoms with Gasteiger partial charge in [0.05, 0.1) is 6.61 Å². The maximum atomic E-state index is 5.13. The van der Waals surface area contributed by atoms with Gasteiger partial charge in [-0.2, -0.15) is 0 Å². The lowest BCUT2D eigenvalue weighted by Crippen LogP contribution is -2.33. The molecule has 0 heterocycles. The molecular weight excluding hydrogens is 266 g/mol. The molecule has 0 amide bonds. The molecule has 1 rings (SSSR count). The molecule has 0 aliphatic carbocycles. The molecule has 0 N–H and O–H groups in total. The van der Waals surface area contributed by atoms with E-state index < -0.39 is 0 Å². The van der Waals surface area contributed by atoms with E-state index in [9.17, 15) is 0 Å². The van der Waals surface area contributed by atoms with Crippen LogP contribution in [0.15, 0.2) is 28.7 Å². The highest BCUT2D eigenvalue weighted by molar-refractivity contribution is 9.10. The van der Waals surface area contributed by atoms with Gasteiger partial charge in [0.15, 0.2) is 0 Å². The zero-order valence-corrected chi connectivity index (χ0v) is 11.8. The van der Waals surface area contributed by atoms with E-state index >= 15 is 0 Å². The molecule has 0 unspecified atom stereocenters. The molecule has 0 fully saturated rings. The molecule has 0 aliphatic heterocycles. The third kappa shape index (κ3) is 4.64. The second-order valence-electron chi connectivity index (χ2n) is 4.18. The Hall–Kier alpha value is -0.380. The summed E-state index contributed by atoms with van der Waals surface area (Å²) < 4.78 is 6.26. The summed E-state index contributed by atoms with van der Waals surface area (Å²) in [6.07, 6.45) is 0. The zero-order chi connectivity index (χ0) is 12.0. The lowest BCUT2D eigenvalue weighted by atomic mass is 10.2. The number of rotatable bonds is 6. The number of ether oxygens (including phenoxy) is 1. The second-order valence-corrected chi connectivity index (χ2v) is 5.10. The van der Waals surface area contributed by atoms with Gasteiger partial charge in [-0.05, 0) is 31.5 Å². The van der Waals surface area contributed by atoms with E-state index in [0.29, 0.717) is 6.04 Å². The van der Waals surface area contributed by atoms with Crippen molar-refractivity contribution in [2.75, 3.05) is 20.3 Å². The number of hydrogen-bond donors (Lipinski definition) is 0. The minimum atomic E-state index is 0.541. The molecule has 0 spiro atoms. The van der Waals surface area contributed by atoms with Gasteiger partial charge in [0, 0.05) is 30.7 Å². The molecule has 0 saturated carbocycles. The van der Waals surface area contributed by atoms with Crippen LogP contribution in [0, 0.1) is 0 Å². The molecule has 0 atom stereocenters. The van der Waals surface area contributed by atoms with Crippen molar-refractivity contribution in [3.8, 4) is 0 Å². The number of halogens is 1. The number of methoxy groups -OCH3 is 1. The largest absolute Gasteiger partial charge is 0.383 e. The first-order valence-corrected chi connectivity index (χ1v) is 6.40. The molecule has 0 bridgehead atoms. The summed E-state index contributed by atoms with van der Waals surface area (Å²) in [6.45, 7) is 7.18. The lowest BCUT2D eigenvalue weighted by Gasteiger charge is -2.26. The topological polar surface area (TPSA) is 12.5 Å². The normalized spacial score (nSPS) is 11.4. The molecule has 16 heavy (non-hydrogen) atoms. The fraction of sp³-hybridized carbons (Fsp3) is 0.538.